The summed E-state index contributed by atoms with van der Waals surface area (Å²) in [5.74, 6) is -0.387. The first-order valence-corrected chi connectivity index (χ1v) is 9.13. The maximum Gasteiger partial charge on any atom is 0.311 e. The summed E-state index contributed by atoms with van der Waals surface area (Å²) in [5.41, 5.74) is 0.645. The first kappa shape index (κ1) is 15.9. The molecule has 0 radical (unpaired) electrons. The Hall–Kier alpha value is -1.93. The van der Waals surface area contributed by atoms with Crippen LogP contribution in [0.3, 0.4) is 0 Å². The highest BCUT2D eigenvalue weighted by Crippen LogP contribution is 2.22. The van der Waals surface area contributed by atoms with Crippen LogP contribution in [0.5, 0.6) is 0 Å². The Labute approximate surface area is 138 Å². The van der Waals surface area contributed by atoms with Gasteiger partial charge >= 0.3 is 11.8 Å². The van der Waals surface area contributed by atoms with Crippen molar-refractivity contribution >= 4 is 27.3 Å². The predicted molar refractivity (Wildman–Crippen MR) is 83.9 cm³/mol. The third kappa shape index (κ3) is 3.37. The molecule has 2 aromatic rings. The zero-order valence-corrected chi connectivity index (χ0v) is 13.8. The number of benzene rings is 1. The van der Waals surface area contributed by atoms with E-state index in [1.807, 2.05) is 0 Å². The number of aromatic nitrogens is 2. The van der Waals surface area contributed by atoms with E-state index in [4.69, 9.17) is 16.0 Å². The molecular formula is C14H14ClN3O4S. The van der Waals surface area contributed by atoms with Crippen LogP contribution in [0.2, 0.25) is 5.02 Å². The molecule has 1 fully saturated rings. The van der Waals surface area contributed by atoms with Crippen molar-refractivity contribution in [3.63, 3.8) is 0 Å². The fourth-order valence-corrected chi connectivity index (χ4v) is 4.32. The van der Waals surface area contributed by atoms with E-state index < -0.39 is 15.7 Å². The minimum atomic E-state index is -3.07. The van der Waals surface area contributed by atoms with E-state index in [1.165, 1.54) is 4.90 Å². The monoisotopic (exact) mass is 355 g/mol. The van der Waals surface area contributed by atoms with E-state index in [1.54, 1.807) is 31.3 Å². The van der Waals surface area contributed by atoms with Gasteiger partial charge in [-0.2, -0.15) is 0 Å². The van der Waals surface area contributed by atoms with Gasteiger partial charge in [0.05, 0.1) is 11.5 Å². The fraction of sp³-hybridized carbons (Fsp3) is 0.357. The molecule has 2 heterocycles. The normalized spacial score (nSPS) is 19.7. The minimum absolute atomic E-state index is 0.0343. The van der Waals surface area contributed by atoms with Gasteiger partial charge in [-0.05, 0) is 30.7 Å². The van der Waals surface area contributed by atoms with Crippen LogP contribution < -0.4 is 0 Å². The van der Waals surface area contributed by atoms with Gasteiger partial charge in [0.15, 0.2) is 9.84 Å². The van der Waals surface area contributed by atoms with E-state index in [0.717, 1.165) is 0 Å². The van der Waals surface area contributed by atoms with Crippen molar-refractivity contribution in [2.75, 3.05) is 18.6 Å². The molecule has 1 aliphatic heterocycles. The highest BCUT2D eigenvalue weighted by molar-refractivity contribution is 7.91. The molecule has 9 heteroatoms. The molecule has 1 saturated heterocycles. The Balaban J connectivity index is 1.77. The van der Waals surface area contributed by atoms with Crippen molar-refractivity contribution < 1.29 is 17.6 Å². The predicted octanol–water partition coefficient (Wildman–Crippen LogP) is 1.65. The summed E-state index contributed by atoms with van der Waals surface area (Å²) in [6.07, 6.45) is 0.419. The molecule has 0 spiro atoms. The standard InChI is InChI=1S/C14H14ClN3O4S/c1-18(11-6-7-23(20,21)8-11)14(19)13-17-16-12(22-13)9-2-4-10(15)5-3-9/h2-5,11H,6-8H2,1H3. The quantitative estimate of drug-likeness (QED) is 0.831. The van der Waals surface area contributed by atoms with Crippen LogP contribution in [0.15, 0.2) is 28.7 Å². The van der Waals surface area contributed by atoms with Gasteiger partial charge < -0.3 is 9.32 Å². The van der Waals surface area contributed by atoms with Gasteiger partial charge in [0.1, 0.15) is 0 Å². The molecule has 7 nitrogen and oxygen atoms in total. The SMILES string of the molecule is CN(C(=O)c1nnc(-c2ccc(Cl)cc2)o1)C1CCS(=O)(=O)C1. The summed E-state index contributed by atoms with van der Waals surface area (Å²) in [5, 5.41) is 8.18. The Morgan fingerprint density at radius 1 is 1.30 bits per heavy atom. The van der Waals surface area contributed by atoms with Crippen LogP contribution in [0, 0.1) is 0 Å². The number of nitrogens with zero attached hydrogens (tertiary/aromatic N) is 3. The first-order valence-electron chi connectivity index (χ1n) is 6.93. The average Bonchev–Trinajstić information content (AvgIpc) is 3.13. The van der Waals surface area contributed by atoms with Gasteiger partial charge in [0, 0.05) is 23.7 Å². The molecule has 0 saturated carbocycles. The second kappa shape index (κ2) is 5.93. The first-order chi connectivity index (χ1) is 10.9. The molecule has 0 bridgehead atoms. The molecule has 1 atom stereocenters. The minimum Gasteiger partial charge on any atom is -0.412 e. The van der Waals surface area contributed by atoms with Gasteiger partial charge in [-0.15, -0.1) is 10.2 Å². The van der Waals surface area contributed by atoms with Gasteiger partial charge in [0.2, 0.25) is 5.89 Å². The molecule has 1 unspecified atom stereocenters. The van der Waals surface area contributed by atoms with Crippen LogP contribution in [0.25, 0.3) is 11.5 Å². The molecule has 0 N–H and O–H groups in total. The summed E-state index contributed by atoms with van der Waals surface area (Å²) < 4.78 is 28.4. The maximum atomic E-state index is 12.4. The maximum absolute atomic E-state index is 12.4. The van der Waals surface area contributed by atoms with Crippen LogP contribution in [0.4, 0.5) is 0 Å². The van der Waals surface area contributed by atoms with Crippen molar-refractivity contribution in [3.8, 4) is 11.5 Å². The Morgan fingerprint density at radius 2 is 2.00 bits per heavy atom. The highest BCUT2D eigenvalue weighted by atomic mass is 35.5. The summed E-state index contributed by atoms with van der Waals surface area (Å²) in [6, 6.07) is 6.41. The molecular weight excluding hydrogens is 342 g/mol. The van der Waals surface area contributed by atoms with Crippen molar-refractivity contribution in [2.45, 2.75) is 12.5 Å². The number of amides is 1. The third-order valence-electron chi connectivity index (χ3n) is 3.78. The van der Waals surface area contributed by atoms with Crippen molar-refractivity contribution in [1.82, 2.24) is 15.1 Å². The van der Waals surface area contributed by atoms with Gasteiger partial charge in [-0.3, -0.25) is 4.79 Å². The van der Waals surface area contributed by atoms with Crippen LogP contribution >= 0.6 is 11.6 Å². The van der Waals surface area contributed by atoms with E-state index in [2.05, 4.69) is 10.2 Å². The zero-order chi connectivity index (χ0) is 16.6. The lowest BCUT2D eigenvalue weighted by atomic mass is 10.2. The Bertz CT molecular complexity index is 832. The van der Waals surface area contributed by atoms with Crippen LogP contribution in [-0.4, -0.2) is 54.0 Å². The Kier molecular flexibility index (Phi) is 4.11. The second-order valence-electron chi connectivity index (χ2n) is 5.39. The molecule has 23 heavy (non-hydrogen) atoms. The number of halogens is 1. The molecule has 1 aliphatic rings. The van der Waals surface area contributed by atoms with Crippen molar-refractivity contribution in [3.05, 3.63) is 35.2 Å². The summed E-state index contributed by atoms with van der Waals surface area (Å²) in [6.45, 7) is 0. The van der Waals surface area contributed by atoms with Crippen LogP contribution in [0.1, 0.15) is 17.1 Å². The average molecular weight is 356 g/mol. The largest absolute Gasteiger partial charge is 0.412 e. The number of carbonyl (C=O) groups excluding carboxylic acids is 1. The smallest absolute Gasteiger partial charge is 0.311 e. The van der Waals surface area contributed by atoms with E-state index in [-0.39, 0.29) is 29.3 Å². The van der Waals surface area contributed by atoms with Gasteiger partial charge in [-0.1, -0.05) is 11.6 Å². The van der Waals surface area contributed by atoms with Crippen molar-refractivity contribution in [2.24, 2.45) is 0 Å². The number of carbonyl (C=O) groups is 1. The highest BCUT2D eigenvalue weighted by Gasteiger charge is 2.34. The van der Waals surface area contributed by atoms with E-state index >= 15 is 0 Å². The molecule has 1 amide bonds. The zero-order valence-electron chi connectivity index (χ0n) is 12.3. The molecule has 1 aromatic carbocycles. The van der Waals surface area contributed by atoms with Crippen molar-refractivity contribution in [1.29, 1.82) is 0 Å². The molecule has 122 valence electrons. The lowest BCUT2D eigenvalue weighted by molar-refractivity contribution is 0.0708. The molecule has 3 rings (SSSR count). The third-order valence-corrected chi connectivity index (χ3v) is 5.78. The van der Waals surface area contributed by atoms with E-state index in [0.29, 0.717) is 17.0 Å². The topological polar surface area (TPSA) is 93.4 Å². The summed E-state index contributed by atoms with van der Waals surface area (Å²) in [4.78, 5) is 13.7. The van der Waals surface area contributed by atoms with Gasteiger partial charge in [0.25, 0.3) is 0 Å². The van der Waals surface area contributed by atoms with Gasteiger partial charge in [-0.25, -0.2) is 8.42 Å². The lowest BCUT2D eigenvalue weighted by Gasteiger charge is -2.21. The summed E-state index contributed by atoms with van der Waals surface area (Å²) >= 11 is 5.82. The number of hydrogen-bond acceptors (Lipinski definition) is 6. The number of hydrogen-bond donors (Lipinski definition) is 0. The van der Waals surface area contributed by atoms with E-state index in [9.17, 15) is 13.2 Å². The number of rotatable bonds is 3. The molecule has 0 aliphatic carbocycles. The second-order valence-corrected chi connectivity index (χ2v) is 8.06. The molecule has 1 aromatic heterocycles. The fourth-order valence-electron chi connectivity index (χ4n) is 2.42. The Morgan fingerprint density at radius 3 is 2.61 bits per heavy atom. The number of sulfone groups is 1. The lowest BCUT2D eigenvalue weighted by Crippen LogP contribution is -2.38. The van der Waals surface area contributed by atoms with Crippen LogP contribution in [-0.2, 0) is 9.84 Å². The summed E-state index contributed by atoms with van der Waals surface area (Å²) in [7, 11) is -1.53.